The fraction of sp³-hybridized carbons (Fsp3) is 0. The molecule has 0 aliphatic heterocycles. The zero-order chi connectivity index (χ0) is 9.41. The van der Waals surface area contributed by atoms with Crippen LogP contribution in [0.2, 0.25) is 0 Å². The fourth-order valence-electron chi connectivity index (χ4n) is 0. The summed E-state index contributed by atoms with van der Waals surface area (Å²) in [5.74, 6) is 0. The van der Waals surface area contributed by atoms with Gasteiger partial charge in [-0.3, -0.25) is 9.59 Å². The van der Waals surface area contributed by atoms with Gasteiger partial charge in [-0.15, -0.1) is 26.3 Å². The first kappa shape index (κ1) is 23.7. The van der Waals surface area contributed by atoms with Gasteiger partial charge in [0.25, 0.3) is 12.9 Å². The minimum absolute atomic E-state index is 0.250. The SMILES string of the molecule is C=C.C=C.O=CO.O=CO. The first-order valence-electron chi connectivity index (χ1n) is 1.99. The molecule has 4 heteroatoms. The molecule has 0 heterocycles. The molecule has 0 bridgehead atoms. The molecule has 0 rings (SSSR count). The van der Waals surface area contributed by atoms with Gasteiger partial charge in [0, 0.05) is 0 Å². The van der Waals surface area contributed by atoms with Gasteiger partial charge in [0.1, 0.15) is 0 Å². The van der Waals surface area contributed by atoms with Crippen LogP contribution in [0.4, 0.5) is 0 Å². The van der Waals surface area contributed by atoms with E-state index in [0.717, 1.165) is 0 Å². The van der Waals surface area contributed by atoms with Crippen LogP contribution in [0.1, 0.15) is 0 Å². The van der Waals surface area contributed by atoms with Crippen molar-refractivity contribution in [3.8, 4) is 0 Å². The van der Waals surface area contributed by atoms with Gasteiger partial charge < -0.3 is 10.2 Å². The predicted molar refractivity (Wildman–Crippen MR) is 39.9 cm³/mol. The van der Waals surface area contributed by atoms with Gasteiger partial charge in [0.2, 0.25) is 0 Å². The van der Waals surface area contributed by atoms with Gasteiger partial charge in [-0.25, -0.2) is 0 Å². The van der Waals surface area contributed by atoms with E-state index in [1.807, 2.05) is 0 Å². The second-order valence-electron chi connectivity index (χ2n) is 0.211. The van der Waals surface area contributed by atoms with E-state index in [2.05, 4.69) is 26.3 Å². The minimum atomic E-state index is -0.250. The molecule has 0 spiro atoms. The topological polar surface area (TPSA) is 74.6 Å². The van der Waals surface area contributed by atoms with E-state index in [9.17, 15) is 0 Å². The maximum atomic E-state index is 8.36. The molecule has 0 aromatic heterocycles. The summed E-state index contributed by atoms with van der Waals surface area (Å²) in [7, 11) is 0. The van der Waals surface area contributed by atoms with Gasteiger partial charge >= 0.3 is 0 Å². The Labute approximate surface area is 60.1 Å². The second kappa shape index (κ2) is 1730. The molecular weight excluding hydrogens is 136 g/mol. The molecule has 0 aliphatic rings. The number of carbonyl (C=O) groups is 2. The lowest BCUT2D eigenvalue weighted by Crippen LogP contribution is -1.49. The largest absolute Gasteiger partial charge is 0.483 e. The Kier molecular flexibility index (Phi) is 4110. The number of rotatable bonds is 0. The van der Waals surface area contributed by atoms with Crippen LogP contribution in [0.25, 0.3) is 0 Å². The van der Waals surface area contributed by atoms with Crippen LogP contribution in [-0.4, -0.2) is 23.2 Å². The standard InChI is InChI=1S/2C2H4.2CH2O2/c2*1-2;2*2-1-3/h2*1-2H2;2*1H,(H,2,3). The van der Waals surface area contributed by atoms with E-state index in [0.29, 0.717) is 0 Å². The van der Waals surface area contributed by atoms with Crippen LogP contribution in [0.5, 0.6) is 0 Å². The average Bonchev–Trinajstić information content (AvgIpc) is 1.99. The van der Waals surface area contributed by atoms with Crippen molar-refractivity contribution in [1.82, 2.24) is 0 Å². The van der Waals surface area contributed by atoms with Crippen molar-refractivity contribution in [2.45, 2.75) is 0 Å². The first-order chi connectivity index (χ1) is 4.83. The van der Waals surface area contributed by atoms with Crippen LogP contribution in [0, 0.1) is 0 Å². The maximum absolute atomic E-state index is 8.36. The van der Waals surface area contributed by atoms with Gasteiger partial charge in [0.15, 0.2) is 0 Å². The Morgan fingerprint density at radius 3 is 0.800 bits per heavy atom. The third-order valence-electron chi connectivity index (χ3n) is 0. The summed E-state index contributed by atoms with van der Waals surface area (Å²) in [6, 6.07) is 0. The van der Waals surface area contributed by atoms with Crippen molar-refractivity contribution < 1.29 is 19.8 Å². The molecule has 10 heavy (non-hydrogen) atoms. The lowest BCUT2D eigenvalue weighted by molar-refractivity contribution is -0.123. The zero-order valence-electron chi connectivity index (χ0n) is 5.69. The molecule has 0 fully saturated rings. The van der Waals surface area contributed by atoms with Crippen LogP contribution in [-0.2, 0) is 9.59 Å². The van der Waals surface area contributed by atoms with Crippen molar-refractivity contribution in [2.24, 2.45) is 0 Å². The average molecular weight is 148 g/mol. The highest BCUT2D eigenvalue weighted by molar-refractivity contribution is 5.32. The van der Waals surface area contributed by atoms with Crippen molar-refractivity contribution >= 4 is 12.9 Å². The summed E-state index contributed by atoms with van der Waals surface area (Å²) in [6.45, 7) is 11.5. The van der Waals surface area contributed by atoms with E-state index in [-0.39, 0.29) is 12.9 Å². The van der Waals surface area contributed by atoms with E-state index in [1.165, 1.54) is 0 Å². The molecule has 0 radical (unpaired) electrons. The molecule has 0 unspecified atom stereocenters. The lowest BCUT2D eigenvalue weighted by Gasteiger charge is -1.34. The summed E-state index contributed by atoms with van der Waals surface area (Å²) in [5.41, 5.74) is 0. The molecule has 60 valence electrons. The monoisotopic (exact) mass is 148 g/mol. The van der Waals surface area contributed by atoms with E-state index in [4.69, 9.17) is 19.8 Å². The Morgan fingerprint density at radius 1 is 0.800 bits per heavy atom. The van der Waals surface area contributed by atoms with Crippen LogP contribution < -0.4 is 0 Å². The van der Waals surface area contributed by atoms with Crippen LogP contribution in [0.3, 0.4) is 0 Å². The zero-order valence-corrected chi connectivity index (χ0v) is 5.69. The predicted octanol–water partition coefficient (Wildman–Crippen LogP) is 1.01. The number of hydrogen-bond donors (Lipinski definition) is 2. The Morgan fingerprint density at radius 2 is 0.800 bits per heavy atom. The third-order valence-corrected chi connectivity index (χ3v) is 0. The molecule has 4 nitrogen and oxygen atoms in total. The number of hydrogen-bond acceptors (Lipinski definition) is 2. The molecule has 0 aromatic carbocycles. The first-order valence-corrected chi connectivity index (χ1v) is 1.99. The summed E-state index contributed by atoms with van der Waals surface area (Å²) in [6.07, 6.45) is 0. The molecule has 0 saturated heterocycles. The Balaban J connectivity index is -0.0000000246. The minimum Gasteiger partial charge on any atom is -0.483 e. The van der Waals surface area contributed by atoms with E-state index in [1.54, 1.807) is 0 Å². The van der Waals surface area contributed by atoms with Crippen LogP contribution >= 0.6 is 0 Å². The van der Waals surface area contributed by atoms with Crippen molar-refractivity contribution in [1.29, 1.82) is 0 Å². The molecule has 0 amide bonds. The molecule has 0 saturated carbocycles. The fourth-order valence-corrected chi connectivity index (χ4v) is 0. The van der Waals surface area contributed by atoms with Gasteiger partial charge in [0.05, 0.1) is 0 Å². The summed E-state index contributed by atoms with van der Waals surface area (Å²) in [5, 5.41) is 13.8. The Hall–Kier alpha value is -1.58. The number of carboxylic acid groups (broad SMARTS) is 2. The van der Waals surface area contributed by atoms with Gasteiger partial charge in [-0.05, 0) is 0 Å². The van der Waals surface area contributed by atoms with Gasteiger partial charge in [-0.1, -0.05) is 0 Å². The molecule has 0 atom stereocenters. The van der Waals surface area contributed by atoms with E-state index < -0.39 is 0 Å². The van der Waals surface area contributed by atoms with Crippen LogP contribution in [0.15, 0.2) is 26.3 Å². The molecule has 2 N–H and O–H groups in total. The smallest absolute Gasteiger partial charge is 0.290 e. The van der Waals surface area contributed by atoms with Gasteiger partial charge in [-0.2, -0.15) is 0 Å². The molecule has 0 aromatic rings. The third kappa shape index (κ3) is 75.5. The normalized spacial score (nSPS) is 3.20. The Bertz CT molecular complexity index is 45.7. The van der Waals surface area contributed by atoms with Crippen molar-refractivity contribution in [3.05, 3.63) is 26.3 Å². The summed E-state index contributed by atoms with van der Waals surface area (Å²) < 4.78 is 0. The summed E-state index contributed by atoms with van der Waals surface area (Å²) >= 11 is 0. The molecular formula is C6H12O4. The lowest BCUT2D eigenvalue weighted by atomic mass is 11.3. The van der Waals surface area contributed by atoms with Crippen molar-refractivity contribution in [2.75, 3.05) is 0 Å². The maximum Gasteiger partial charge on any atom is 0.290 e. The quantitative estimate of drug-likeness (QED) is 0.397. The summed E-state index contributed by atoms with van der Waals surface area (Å²) in [4.78, 5) is 16.7. The highest BCUT2D eigenvalue weighted by Gasteiger charge is 1.22. The highest BCUT2D eigenvalue weighted by Crippen LogP contribution is 0.969. The van der Waals surface area contributed by atoms with Crippen molar-refractivity contribution in [3.63, 3.8) is 0 Å². The highest BCUT2D eigenvalue weighted by atomic mass is 16.3. The second-order valence-corrected chi connectivity index (χ2v) is 0.211. The molecule has 0 aliphatic carbocycles. The van der Waals surface area contributed by atoms with E-state index >= 15 is 0 Å².